The number of amides is 1. The number of carbonyl (C=O) groups is 1. The molecule has 0 spiro atoms. The molecule has 1 amide bonds. The summed E-state index contributed by atoms with van der Waals surface area (Å²) in [5.41, 5.74) is 4.15. The lowest BCUT2D eigenvalue weighted by atomic mass is 10.1. The molecule has 0 aliphatic heterocycles. The molecule has 1 aromatic carbocycles. The van der Waals surface area contributed by atoms with Crippen LogP contribution >= 0.6 is 0 Å². The van der Waals surface area contributed by atoms with E-state index in [4.69, 9.17) is 9.36 Å². The first-order valence-electron chi connectivity index (χ1n) is 6.93. The van der Waals surface area contributed by atoms with Crippen molar-refractivity contribution in [2.45, 2.75) is 34.3 Å². The quantitative estimate of drug-likeness (QED) is 0.679. The molecular weight excluding hydrogens is 282 g/mol. The molecule has 0 bridgehead atoms. The fraction of sp³-hybridized carbons (Fsp3) is 0.312. The van der Waals surface area contributed by atoms with Gasteiger partial charge in [-0.15, -0.1) is 0 Å². The number of anilines is 1. The van der Waals surface area contributed by atoms with Crippen LogP contribution in [0.5, 0.6) is 0 Å². The van der Waals surface area contributed by atoms with Gasteiger partial charge < -0.3 is 14.7 Å². The highest BCUT2D eigenvalue weighted by atomic mass is 16.6. The Balaban J connectivity index is 1.98. The van der Waals surface area contributed by atoms with Crippen molar-refractivity contribution in [3.8, 4) is 0 Å². The zero-order chi connectivity index (χ0) is 16.1. The third-order valence-electron chi connectivity index (χ3n) is 3.21. The molecule has 2 rings (SSSR count). The zero-order valence-corrected chi connectivity index (χ0v) is 13.1. The number of benzene rings is 1. The number of hydrogen-bond donors (Lipinski definition) is 1. The minimum atomic E-state index is -0.0964. The average Bonchev–Trinajstić information content (AvgIpc) is 2.79. The van der Waals surface area contributed by atoms with Crippen molar-refractivity contribution in [1.29, 1.82) is 0 Å². The molecule has 1 N–H and O–H groups in total. The predicted octanol–water partition coefficient (Wildman–Crippen LogP) is 3.19. The van der Waals surface area contributed by atoms with Crippen molar-refractivity contribution in [2.24, 2.45) is 5.16 Å². The Labute approximate surface area is 129 Å². The third kappa shape index (κ3) is 3.94. The van der Waals surface area contributed by atoms with Crippen molar-refractivity contribution in [2.75, 3.05) is 5.32 Å². The van der Waals surface area contributed by atoms with Crippen LogP contribution < -0.4 is 5.32 Å². The molecule has 2 aromatic rings. The maximum atomic E-state index is 11.0. The molecule has 0 fully saturated rings. The Morgan fingerprint density at radius 3 is 2.50 bits per heavy atom. The van der Waals surface area contributed by atoms with Gasteiger partial charge in [-0.25, -0.2) is 0 Å². The number of hydrogen-bond acceptors (Lipinski definition) is 5. The number of aromatic nitrogens is 1. The van der Waals surface area contributed by atoms with Crippen LogP contribution in [-0.4, -0.2) is 16.8 Å². The van der Waals surface area contributed by atoms with Gasteiger partial charge in [0.25, 0.3) is 0 Å². The van der Waals surface area contributed by atoms with Crippen LogP contribution in [0.2, 0.25) is 0 Å². The second-order valence-electron chi connectivity index (χ2n) is 5.01. The summed E-state index contributed by atoms with van der Waals surface area (Å²) in [6.07, 6.45) is 0. The molecule has 0 unspecified atom stereocenters. The van der Waals surface area contributed by atoms with E-state index in [2.05, 4.69) is 15.6 Å². The monoisotopic (exact) mass is 301 g/mol. The number of oxime groups is 1. The van der Waals surface area contributed by atoms with Crippen molar-refractivity contribution >= 4 is 17.3 Å². The number of aryl methyl sites for hydroxylation is 2. The Kier molecular flexibility index (Phi) is 4.93. The highest BCUT2D eigenvalue weighted by Crippen LogP contribution is 2.14. The van der Waals surface area contributed by atoms with Crippen LogP contribution in [0.25, 0.3) is 0 Å². The lowest BCUT2D eigenvalue weighted by Crippen LogP contribution is -2.06. The fourth-order valence-electron chi connectivity index (χ4n) is 1.95. The maximum absolute atomic E-state index is 11.0. The minimum absolute atomic E-state index is 0.0964. The van der Waals surface area contributed by atoms with Crippen LogP contribution in [0.3, 0.4) is 0 Å². The van der Waals surface area contributed by atoms with Gasteiger partial charge in [-0.05, 0) is 38.5 Å². The van der Waals surface area contributed by atoms with Gasteiger partial charge in [0, 0.05) is 12.6 Å². The van der Waals surface area contributed by atoms with Crippen molar-refractivity contribution in [1.82, 2.24) is 5.16 Å². The topological polar surface area (TPSA) is 76.7 Å². The molecule has 0 aliphatic rings. The number of rotatable bonds is 5. The van der Waals surface area contributed by atoms with Gasteiger partial charge in [0.1, 0.15) is 12.4 Å². The second-order valence-corrected chi connectivity index (χ2v) is 5.01. The molecule has 1 aromatic heterocycles. The highest BCUT2D eigenvalue weighted by Gasteiger charge is 2.09. The first kappa shape index (κ1) is 15.8. The summed E-state index contributed by atoms with van der Waals surface area (Å²) in [5, 5.41) is 10.7. The van der Waals surface area contributed by atoms with E-state index in [1.165, 1.54) is 6.92 Å². The van der Waals surface area contributed by atoms with E-state index < -0.39 is 0 Å². The van der Waals surface area contributed by atoms with Crippen LogP contribution in [-0.2, 0) is 16.2 Å². The molecule has 6 nitrogen and oxygen atoms in total. The first-order valence-corrected chi connectivity index (χ1v) is 6.93. The van der Waals surface area contributed by atoms with Crippen molar-refractivity contribution in [3.63, 3.8) is 0 Å². The standard InChI is InChI=1S/C16H19N3O3/c1-10(14-5-7-15(8-6-14)17-13(4)20)18-21-9-16-11(2)19-22-12(16)3/h5-8H,9H2,1-4H3,(H,17,20)/b18-10-. The van der Waals surface area contributed by atoms with Crippen molar-refractivity contribution in [3.05, 3.63) is 46.8 Å². The van der Waals surface area contributed by atoms with Gasteiger partial charge >= 0.3 is 0 Å². The van der Waals surface area contributed by atoms with Crippen LogP contribution in [0.15, 0.2) is 33.9 Å². The molecule has 0 atom stereocenters. The molecule has 116 valence electrons. The largest absolute Gasteiger partial charge is 0.390 e. The molecule has 0 saturated carbocycles. The SMILES string of the molecule is CC(=O)Nc1ccc(/C(C)=N\OCc2c(C)noc2C)cc1. The number of nitrogens with one attached hydrogen (secondary N) is 1. The van der Waals surface area contributed by atoms with E-state index in [0.29, 0.717) is 6.61 Å². The summed E-state index contributed by atoms with van der Waals surface area (Å²) in [6.45, 7) is 7.37. The summed E-state index contributed by atoms with van der Waals surface area (Å²) in [7, 11) is 0. The van der Waals surface area contributed by atoms with E-state index in [1.807, 2.05) is 45.0 Å². The Morgan fingerprint density at radius 2 is 1.95 bits per heavy atom. The predicted molar refractivity (Wildman–Crippen MR) is 83.7 cm³/mol. The second kappa shape index (κ2) is 6.89. The number of carbonyl (C=O) groups excluding carboxylic acids is 1. The van der Waals surface area contributed by atoms with E-state index in [1.54, 1.807) is 0 Å². The molecule has 1 heterocycles. The Hall–Kier alpha value is -2.63. The highest BCUT2D eigenvalue weighted by molar-refractivity contribution is 5.99. The van der Waals surface area contributed by atoms with Crippen LogP contribution in [0.1, 0.15) is 36.4 Å². The summed E-state index contributed by atoms with van der Waals surface area (Å²) < 4.78 is 5.07. The normalized spacial score (nSPS) is 11.4. The fourth-order valence-corrected chi connectivity index (χ4v) is 1.95. The maximum Gasteiger partial charge on any atom is 0.221 e. The molecule has 0 saturated heterocycles. The van der Waals surface area contributed by atoms with Gasteiger partial charge in [0.05, 0.1) is 17.0 Å². The third-order valence-corrected chi connectivity index (χ3v) is 3.21. The zero-order valence-electron chi connectivity index (χ0n) is 13.1. The lowest BCUT2D eigenvalue weighted by molar-refractivity contribution is -0.114. The summed E-state index contributed by atoms with van der Waals surface area (Å²) >= 11 is 0. The molecule has 6 heteroatoms. The summed E-state index contributed by atoms with van der Waals surface area (Å²) in [5.74, 6) is 0.644. The van der Waals surface area contributed by atoms with Crippen LogP contribution in [0.4, 0.5) is 5.69 Å². The lowest BCUT2D eigenvalue weighted by Gasteiger charge is -2.05. The van der Waals surface area contributed by atoms with Crippen molar-refractivity contribution < 1.29 is 14.2 Å². The minimum Gasteiger partial charge on any atom is -0.390 e. The van der Waals surface area contributed by atoms with Gasteiger partial charge in [-0.3, -0.25) is 4.79 Å². The Bertz CT molecular complexity index is 668. The smallest absolute Gasteiger partial charge is 0.221 e. The van der Waals surface area contributed by atoms with E-state index in [9.17, 15) is 4.79 Å². The number of nitrogens with zero attached hydrogens (tertiary/aromatic N) is 2. The van der Waals surface area contributed by atoms with Gasteiger partial charge in [0.15, 0.2) is 0 Å². The molecule has 22 heavy (non-hydrogen) atoms. The van der Waals surface area contributed by atoms with Crippen LogP contribution in [0, 0.1) is 13.8 Å². The van der Waals surface area contributed by atoms with Gasteiger partial charge in [0.2, 0.25) is 5.91 Å². The van der Waals surface area contributed by atoms with E-state index in [0.717, 1.165) is 34.0 Å². The molecule has 0 radical (unpaired) electrons. The van der Waals surface area contributed by atoms with Gasteiger partial charge in [-0.2, -0.15) is 0 Å². The average molecular weight is 301 g/mol. The molecule has 0 aliphatic carbocycles. The Morgan fingerprint density at radius 1 is 1.27 bits per heavy atom. The molecular formula is C16H19N3O3. The van der Waals surface area contributed by atoms with E-state index >= 15 is 0 Å². The van der Waals surface area contributed by atoms with E-state index in [-0.39, 0.29) is 5.91 Å². The summed E-state index contributed by atoms with van der Waals surface area (Å²) in [4.78, 5) is 16.3. The first-order chi connectivity index (χ1) is 10.5. The summed E-state index contributed by atoms with van der Waals surface area (Å²) in [6, 6.07) is 7.40. The van der Waals surface area contributed by atoms with Gasteiger partial charge in [-0.1, -0.05) is 22.4 Å².